The van der Waals surface area contributed by atoms with Crippen molar-refractivity contribution in [2.24, 2.45) is 5.92 Å². The molecule has 1 atom stereocenters. The quantitative estimate of drug-likeness (QED) is 0.299. The number of carbonyl (C=O) groups excluding carboxylic acids is 1. The van der Waals surface area contributed by atoms with Crippen LogP contribution in [0.5, 0.6) is 11.5 Å². The molecular weight excluding hydrogens is 482 g/mol. The fraction of sp³-hybridized carbons (Fsp3) is 0.429. The van der Waals surface area contributed by atoms with Crippen LogP contribution in [0, 0.1) is 5.92 Å². The van der Waals surface area contributed by atoms with Crippen LogP contribution in [0.15, 0.2) is 45.6 Å². The van der Waals surface area contributed by atoms with Crippen LogP contribution < -0.4 is 14.9 Å². The first-order valence-electron chi connectivity index (χ1n) is 12.3. The molecule has 1 amide bonds. The van der Waals surface area contributed by atoms with E-state index in [1.807, 2.05) is 25.1 Å². The Hall–Kier alpha value is -3.03. The van der Waals surface area contributed by atoms with Gasteiger partial charge >= 0.3 is 0 Å². The summed E-state index contributed by atoms with van der Waals surface area (Å²) in [6, 6.07) is 9.78. The lowest BCUT2D eigenvalue weighted by Crippen LogP contribution is -2.31. The molecule has 0 aliphatic carbocycles. The number of hydrogen-bond donors (Lipinski definition) is 0. The standard InChI is InChI=1S/C28H32ClNO6/c1-5-34-23-15-18(7-9-22(23)35-14-11-17(2)3)25-24-26(31)20-16-19(29)8-10-21(20)36-27(24)28(32)30(25)12-6-13-33-4/h7-10,15-17,25H,5-6,11-14H2,1-4H3. The minimum absolute atomic E-state index is 0.0625. The predicted octanol–water partition coefficient (Wildman–Crippen LogP) is 5.85. The van der Waals surface area contributed by atoms with Gasteiger partial charge in [-0.15, -0.1) is 0 Å². The molecule has 192 valence electrons. The van der Waals surface area contributed by atoms with E-state index in [2.05, 4.69) is 13.8 Å². The van der Waals surface area contributed by atoms with Gasteiger partial charge in [0.05, 0.1) is 30.2 Å². The highest BCUT2D eigenvalue weighted by Crippen LogP contribution is 2.41. The average molecular weight is 514 g/mol. The van der Waals surface area contributed by atoms with E-state index in [-0.39, 0.29) is 17.1 Å². The Balaban J connectivity index is 1.82. The number of benzene rings is 2. The number of halogens is 1. The fourth-order valence-electron chi connectivity index (χ4n) is 4.44. The second-order valence-electron chi connectivity index (χ2n) is 9.23. The van der Waals surface area contributed by atoms with Crippen molar-refractivity contribution in [1.29, 1.82) is 0 Å². The molecular formula is C28H32ClNO6. The third-order valence-electron chi connectivity index (χ3n) is 6.21. The van der Waals surface area contributed by atoms with Gasteiger partial charge < -0.3 is 23.5 Å². The maximum absolute atomic E-state index is 13.7. The molecule has 3 aromatic rings. The zero-order chi connectivity index (χ0) is 25.8. The molecule has 1 aliphatic heterocycles. The summed E-state index contributed by atoms with van der Waals surface area (Å²) in [7, 11) is 1.62. The van der Waals surface area contributed by atoms with E-state index in [0.717, 1.165) is 12.0 Å². The second kappa shape index (κ2) is 11.4. The van der Waals surface area contributed by atoms with E-state index in [0.29, 0.717) is 71.8 Å². The molecule has 0 radical (unpaired) electrons. The van der Waals surface area contributed by atoms with E-state index in [9.17, 15) is 9.59 Å². The van der Waals surface area contributed by atoms with Crippen molar-refractivity contribution < 1.29 is 23.4 Å². The van der Waals surface area contributed by atoms with Crippen molar-refractivity contribution in [2.75, 3.05) is 33.5 Å². The predicted molar refractivity (Wildman–Crippen MR) is 139 cm³/mol. The monoisotopic (exact) mass is 513 g/mol. The van der Waals surface area contributed by atoms with Crippen LogP contribution in [-0.2, 0) is 4.74 Å². The Morgan fingerprint density at radius 2 is 1.86 bits per heavy atom. The largest absolute Gasteiger partial charge is 0.490 e. The first kappa shape index (κ1) is 26.0. The van der Waals surface area contributed by atoms with Crippen molar-refractivity contribution in [2.45, 2.75) is 39.7 Å². The molecule has 0 N–H and O–H groups in total. The lowest BCUT2D eigenvalue weighted by atomic mass is 9.98. The van der Waals surface area contributed by atoms with Crippen molar-refractivity contribution in [3.05, 3.63) is 68.5 Å². The molecule has 2 aromatic carbocycles. The van der Waals surface area contributed by atoms with Crippen molar-refractivity contribution in [1.82, 2.24) is 4.90 Å². The van der Waals surface area contributed by atoms with Crippen molar-refractivity contribution >= 4 is 28.5 Å². The van der Waals surface area contributed by atoms with Gasteiger partial charge in [-0.3, -0.25) is 9.59 Å². The molecule has 36 heavy (non-hydrogen) atoms. The molecule has 7 nitrogen and oxygen atoms in total. The lowest BCUT2D eigenvalue weighted by Gasteiger charge is -2.26. The Morgan fingerprint density at radius 3 is 2.58 bits per heavy atom. The molecule has 8 heteroatoms. The summed E-state index contributed by atoms with van der Waals surface area (Å²) in [6.45, 7) is 8.10. The van der Waals surface area contributed by atoms with E-state index >= 15 is 0 Å². The van der Waals surface area contributed by atoms with Gasteiger partial charge in [0.15, 0.2) is 16.9 Å². The first-order chi connectivity index (χ1) is 17.3. The van der Waals surface area contributed by atoms with E-state index in [1.165, 1.54) is 0 Å². The highest BCUT2D eigenvalue weighted by molar-refractivity contribution is 6.31. The number of fused-ring (bicyclic) bond motifs is 2. The van der Waals surface area contributed by atoms with Gasteiger partial charge in [0.2, 0.25) is 5.76 Å². The molecule has 0 spiro atoms. The number of methoxy groups -OCH3 is 1. The zero-order valence-corrected chi connectivity index (χ0v) is 21.9. The van der Waals surface area contributed by atoms with Gasteiger partial charge in [-0.1, -0.05) is 31.5 Å². The summed E-state index contributed by atoms with van der Waals surface area (Å²) in [6.07, 6.45) is 1.53. The van der Waals surface area contributed by atoms with Crippen LogP contribution in [0.25, 0.3) is 11.0 Å². The van der Waals surface area contributed by atoms with Crippen LogP contribution in [0.3, 0.4) is 0 Å². The summed E-state index contributed by atoms with van der Waals surface area (Å²) < 4.78 is 23.1. The normalized spacial score (nSPS) is 15.1. The lowest BCUT2D eigenvalue weighted by molar-refractivity contribution is 0.0707. The first-order valence-corrected chi connectivity index (χ1v) is 12.7. The number of amides is 1. The molecule has 0 saturated heterocycles. The fourth-order valence-corrected chi connectivity index (χ4v) is 4.61. The zero-order valence-electron chi connectivity index (χ0n) is 21.1. The van der Waals surface area contributed by atoms with Crippen LogP contribution >= 0.6 is 11.6 Å². The molecule has 1 unspecified atom stereocenters. The number of carbonyl (C=O) groups is 1. The number of nitrogens with zero attached hydrogens (tertiary/aromatic N) is 1. The average Bonchev–Trinajstić information content (AvgIpc) is 3.12. The molecule has 0 saturated carbocycles. The Labute approximate surface area is 215 Å². The maximum Gasteiger partial charge on any atom is 0.290 e. The van der Waals surface area contributed by atoms with Crippen LogP contribution in [0.2, 0.25) is 5.02 Å². The van der Waals surface area contributed by atoms with Gasteiger partial charge in [0.25, 0.3) is 5.91 Å². The third-order valence-corrected chi connectivity index (χ3v) is 6.45. The highest BCUT2D eigenvalue weighted by Gasteiger charge is 2.42. The Kier molecular flexibility index (Phi) is 8.21. The number of ether oxygens (including phenoxy) is 3. The molecule has 1 aliphatic rings. The highest BCUT2D eigenvalue weighted by atomic mass is 35.5. The molecule has 4 rings (SSSR count). The topological polar surface area (TPSA) is 78.2 Å². The van der Waals surface area contributed by atoms with E-state index < -0.39 is 6.04 Å². The smallest absolute Gasteiger partial charge is 0.290 e. The van der Waals surface area contributed by atoms with Crippen LogP contribution in [0.1, 0.15) is 61.3 Å². The van der Waals surface area contributed by atoms with Crippen LogP contribution in [0.4, 0.5) is 0 Å². The maximum atomic E-state index is 13.7. The van der Waals surface area contributed by atoms with Crippen molar-refractivity contribution in [3.8, 4) is 11.5 Å². The second-order valence-corrected chi connectivity index (χ2v) is 9.67. The van der Waals surface area contributed by atoms with Gasteiger partial charge in [0.1, 0.15) is 5.58 Å². The third kappa shape index (κ3) is 5.22. The van der Waals surface area contributed by atoms with E-state index in [1.54, 1.807) is 30.2 Å². The molecule has 0 bridgehead atoms. The van der Waals surface area contributed by atoms with Gasteiger partial charge in [-0.05, 0) is 61.6 Å². The van der Waals surface area contributed by atoms with Gasteiger partial charge in [-0.2, -0.15) is 0 Å². The van der Waals surface area contributed by atoms with Gasteiger partial charge in [-0.25, -0.2) is 0 Å². The number of rotatable bonds is 11. The summed E-state index contributed by atoms with van der Waals surface area (Å²) in [5.41, 5.74) is 1.12. The van der Waals surface area contributed by atoms with Crippen LogP contribution in [-0.4, -0.2) is 44.3 Å². The van der Waals surface area contributed by atoms with E-state index in [4.69, 9.17) is 30.2 Å². The minimum atomic E-state index is -0.632. The Morgan fingerprint density at radius 1 is 1.06 bits per heavy atom. The Bertz CT molecular complexity index is 1300. The summed E-state index contributed by atoms with van der Waals surface area (Å²) in [5, 5.41) is 0.769. The summed E-state index contributed by atoms with van der Waals surface area (Å²) >= 11 is 6.17. The minimum Gasteiger partial charge on any atom is -0.490 e. The SMILES string of the molecule is CCOc1cc(C2c3c(oc4ccc(Cl)cc4c3=O)C(=O)N2CCCOC)ccc1OCCC(C)C. The molecule has 1 aromatic heterocycles. The van der Waals surface area contributed by atoms with Gasteiger partial charge in [0, 0.05) is 25.3 Å². The van der Waals surface area contributed by atoms with Crippen molar-refractivity contribution in [3.63, 3.8) is 0 Å². The number of hydrogen-bond acceptors (Lipinski definition) is 6. The summed E-state index contributed by atoms with van der Waals surface area (Å²) in [5.74, 6) is 1.46. The summed E-state index contributed by atoms with van der Waals surface area (Å²) in [4.78, 5) is 28.8. The molecule has 0 fully saturated rings. The molecule has 2 heterocycles.